The number of imidazole rings is 1. The predicted octanol–water partition coefficient (Wildman–Crippen LogP) is 0.472. The molecule has 0 spiro atoms. The highest BCUT2D eigenvalue weighted by Gasteiger charge is 2.30. The number of carbonyl (C=O) groups excluding carboxylic acids is 1. The molecule has 1 unspecified atom stereocenters. The average Bonchev–Trinajstić information content (AvgIpc) is 2.52. The summed E-state index contributed by atoms with van der Waals surface area (Å²) in [6.45, 7) is 5.99. The van der Waals surface area contributed by atoms with Crippen molar-refractivity contribution >= 4 is 5.97 Å². The molecule has 0 amide bonds. The number of aryl methyl sites for hydroxylation is 1. The molecule has 1 atom stereocenters. The molecule has 0 aliphatic heterocycles. The van der Waals surface area contributed by atoms with E-state index in [0.717, 1.165) is 5.82 Å². The molecule has 0 aliphatic carbocycles. The molecule has 1 rings (SSSR count). The van der Waals surface area contributed by atoms with E-state index in [4.69, 9.17) is 10.5 Å². The van der Waals surface area contributed by atoms with Gasteiger partial charge in [0, 0.05) is 12.4 Å². The summed E-state index contributed by atoms with van der Waals surface area (Å²) in [6.07, 6.45) is 3.47. The van der Waals surface area contributed by atoms with Gasteiger partial charge in [0.1, 0.15) is 11.4 Å². The van der Waals surface area contributed by atoms with Crippen LogP contribution in [0.2, 0.25) is 0 Å². The molecule has 1 heterocycles. The van der Waals surface area contributed by atoms with Gasteiger partial charge in [0.05, 0.1) is 13.2 Å². The first-order valence-corrected chi connectivity index (χ1v) is 4.91. The van der Waals surface area contributed by atoms with Crippen LogP contribution < -0.4 is 5.73 Å². The number of carbonyl (C=O) groups is 1. The standard InChI is InChI=1S/C10H17N3O2/c1-4-15-9(14)10(3,11)7-13-6-5-12-8(13)2/h5-6H,4,7,11H2,1-3H3. The predicted molar refractivity (Wildman–Crippen MR) is 56.2 cm³/mol. The van der Waals surface area contributed by atoms with Crippen LogP contribution in [-0.4, -0.2) is 27.7 Å². The van der Waals surface area contributed by atoms with Crippen LogP contribution in [0.5, 0.6) is 0 Å². The molecule has 1 aromatic heterocycles. The fraction of sp³-hybridized carbons (Fsp3) is 0.600. The number of ether oxygens (including phenoxy) is 1. The van der Waals surface area contributed by atoms with Gasteiger partial charge < -0.3 is 15.0 Å². The Hall–Kier alpha value is -1.36. The SMILES string of the molecule is CCOC(=O)C(C)(N)Cn1ccnc1C. The van der Waals surface area contributed by atoms with Crippen LogP contribution in [-0.2, 0) is 16.1 Å². The van der Waals surface area contributed by atoms with Gasteiger partial charge in [-0.05, 0) is 20.8 Å². The van der Waals surface area contributed by atoms with Crippen LogP contribution in [0.3, 0.4) is 0 Å². The number of esters is 1. The summed E-state index contributed by atoms with van der Waals surface area (Å²) < 4.78 is 6.73. The second kappa shape index (κ2) is 4.44. The smallest absolute Gasteiger partial charge is 0.327 e. The molecular formula is C10H17N3O2. The van der Waals surface area contributed by atoms with Gasteiger partial charge in [-0.1, -0.05) is 0 Å². The van der Waals surface area contributed by atoms with Crippen LogP contribution in [0.25, 0.3) is 0 Å². The molecule has 1 aromatic rings. The van der Waals surface area contributed by atoms with Crippen molar-refractivity contribution < 1.29 is 9.53 Å². The van der Waals surface area contributed by atoms with Crippen LogP contribution in [0.4, 0.5) is 0 Å². The van der Waals surface area contributed by atoms with Gasteiger partial charge in [-0.2, -0.15) is 0 Å². The lowest BCUT2D eigenvalue weighted by Gasteiger charge is -2.23. The molecule has 0 bridgehead atoms. The topological polar surface area (TPSA) is 70.1 Å². The lowest BCUT2D eigenvalue weighted by atomic mass is 10.0. The Morgan fingerprint density at radius 2 is 2.40 bits per heavy atom. The van der Waals surface area contributed by atoms with Gasteiger partial charge in [0.25, 0.3) is 0 Å². The lowest BCUT2D eigenvalue weighted by molar-refractivity contribution is -0.149. The molecule has 0 aliphatic rings. The van der Waals surface area contributed by atoms with Crippen molar-refractivity contribution in [3.63, 3.8) is 0 Å². The Morgan fingerprint density at radius 1 is 1.73 bits per heavy atom. The monoisotopic (exact) mass is 211 g/mol. The van der Waals surface area contributed by atoms with Crippen molar-refractivity contribution in [2.75, 3.05) is 6.61 Å². The maximum atomic E-state index is 11.5. The van der Waals surface area contributed by atoms with E-state index in [-0.39, 0.29) is 0 Å². The molecule has 5 heteroatoms. The van der Waals surface area contributed by atoms with Gasteiger partial charge in [-0.15, -0.1) is 0 Å². The van der Waals surface area contributed by atoms with Gasteiger partial charge in [0.2, 0.25) is 0 Å². The molecule has 15 heavy (non-hydrogen) atoms. The lowest BCUT2D eigenvalue weighted by Crippen LogP contribution is -2.49. The quantitative estimate of drug-likeness (QED) is 0.735. The van der Waals surface area contributed by atoms with E-state index >= 15 is 0 Å². The maximum absolute atomic E-state index is 11.5. The number of nitrogens with two attached hydrogens (primary N) is 1. The zero-order chi connectivity index (χ0) is 11.5. The summed E-state index contributed by atoms with van der Waals surface area (Å²) >= 11 is 0. The van der Waals surface area contributed by atoms with Crippen molar-refractivity contribution in [1.29, 1.82) is 0 Å². The summed E-state index contributed by atoms with van der Waals surface area (Å²) in [6, 6.07) is 0. The first kappa shape index (κ1) is 11.7. The molecule has 0 fully saturated rings. The van der Waals surface area contributed by atoms with Crippen LogP contribution >= 0.6 is 0 Å². The van der Waals surface area contributed by atoms with Crippen LogP contribution in [0, 0.1) is 6.92 Å². The highest BCUT2D eigenvalue weighted by Crippen LogP contribution is 2.08. The minimum absolute atomic E-state index is 0.342. The van der Waals surface area contributed by atoms with Crippen LogP contribution in [0.15, 0.2) is 12.4 Å². The number of aromatic nitrogens is 2. The second-order valence-corrected chi connectivity index (χ2v) is 3.74. The third-order valence-electron chi connectivity index (χ3n) is 2.16. The first-order chi connectivity index (χ1) is 6.97. The van der Waals surface area contributed by atoms with Gasteiger partial charge >= 0.3 is 5.97 Å². The Bertz CT molecular complexity index is 344. The third-order valence-corrected chi connectivity index (χ3v) is 2.16. The fourth-order valence-corrected chi connectivity index (χ4v) is 1.29. The van der Waals surface area contributed by atoms with Crippen molar-refractivity contribution in [2.45, 2.75) is 32.9 Å². The van der Waals surface area contributed by atoms with Gasteiger partial charge in [-0.3, -0.25) is 0 Å². The molecule has 0 saturated heterocycles. The van der Waals surface area contributed by atoms with E-state index in [1.807, 2.05) is 11.5 Å². The number of nitrogens with zero attached hydrogens (tertiary/aromatic N) is 2. The zero-order valence-corrected chi connectivity index (χ0v) is 9.36. The highest BCUT2D eigenvalue weighted by molar-refractivity contribution is 5.79. The zero-order valence-electron chi connectivity index (χ0n) is 9.36. The number of hydrogen-bond acceptors (Lipinski definition) is 4. The van der Waals surface area contributed by atoms with E-state index in [0.29, 0.717) is 13.2 Å². The Labute approximate surface area is 89.2 Å². The van der Waals surface area contributed by atoms with Crippen LogP contribution in [0.1, 0.15) is 19.7 Å². The largest absolute Gasteiger partial charge is 0.465 e. The molecule has 0 saturated carbocycles. The fourth-order valence-electron chi connectivity index (χ4n) is 1.29. The molecular weight excluding hydrogens is 194 g/mol. The van der Waals surface area contributed by atoms with E-state index in [2.05, 4.69) is 4.98 Å². The highest BCUT2D eigenvalue weighted by atomic mass is 16.5. The summed E-state index contributed by atoms with van der Waals surface area (Å²) in [5.74, 6) is 0.439. The first-order valence-electron chi connectivity index (χ1n) is 4.91. The maximum Gasteiger partial charge on any atom is 0.327 e. The molecule has 5 nitrogen and oxygen atoms in total. The van der Waals surface area contributed by atoms with Crippen molar-refractivity contribution in [3.05, 3.63) is 18.2 Å². The van der Waals surface area contributed by atoms with Crippen molar-refractivity contribution in [1.82, 2.24) is 9.55 Å². The van der Waals surface area contributed by atoms with Crippen molar-refractivity contribution in [2.24, 2.45) is 5.73 Å². The van der Waals surface area contributed by atoms with Gasteiger partial charge in [0.15, 0.2) is 0 Å². The van der Waals surface area contributed by atoms with E-state index < -0.39 is 11.5 Å². The van der Waals surface area contributed by atoms with Crippen molar-refractivity contribution in [3.8, 4) is 0 Å². The minimum atomic E-state index is -1.01. The van der Waals surface area contributed by atoms with Gasteiger partial charge in [-0.25, -0.2) is 9.78 Å². The summed E-state index contributed by atoms with van der Waals surface area (Å²) in [7, 11) is 0. The third kappa shape index (κ3) is 2.79. The summed E-state index contributed by atoms with van der Waals surface area (Å²) in [5, 5.41) is 0. The van der Waals surface area contributed by atoms with E-state index in [9.17, 15) is 4.79 Å². The minimum Gasteiger partial charge on any atom is -0.465 e. The Balaban J connectivity index is 2.72. The molecule has 2 N–H and O–H groups in total. The molecule has 84 valence electrons. The second-order valence-electron chi connectivity index (χ2n) is 3.74. The summed E-state index contributed by atoms with van der Waals surface area (Å²) in [4.78, 5) is 15.6. The number of hydrogen-bond donors (Lipinski definition) is 1. The molecule has 0 aromatic carbocycles. The normalized spacial score (nSPS) is 14.7. The summed E-state index contributed by atoms with van der Waals surface area (Å²) in [5.41, 5.74) is 4.87. The Kier molecular flexibility index (Phi) is 3.47. The van der Waals surface area contributed by atoms with E-state index in [1.165, 1.54) is 0 Å². The molecule has 0 radical (unpaired) electrons. The number of rotatable bonds is 4. The van der Waals surface area contributed by atoms with E-state index in [1.54, 1.807) is 26.2 Å². The Morgan fingerprint density at radius 3 is 2.87 bits per heavy atom. The average molecular weight is 211 g/mol.